The maximum atomic E-state index is 5.67. The third kappa shape index (κ3) is 2.13. The Labute approximate surface area is 95.5 Å². The van der Waals surface area contributed by atoms with Crippen LogP contribution >= 0.6 is 0 Å². The molecular formula is C13H16N2O. The van der Waals surface area contributed by atoms with Crippen molar-refractivity contribution in [3.63, 3.8) is 0 Å². The lowest BCUT2D eigenvalue weighted by atomic mass is 9.97. The van der Waals surface area contributed by atoms with Gasteiger partial charge in [0, 0.05) is 11.0 Å². The van der Waals surface area contributed by atoms with Gasteiger partial charge in [0.15, 0.2) is 0 Å². The van der Waals surface area contributed by atoms with E-state index in [2.05, 4.69) is 31.0 Å². The fraction of sp³-hybridized carbons (Fsp3) is 0.385. The standard InChI is InChI=1S/C13H16N2O/c1-9-6-5-7-10(8-9)11-14-15-12(16-11)13(2,3)4/h5-8H,1-4H3. The van der Waals surface area contributed by atoms with Crippen molar-refractivity contribution < 1.29 is 4.42 Å². The Morgan fingerprint density at radius 2 is 1.88 bits per heavy atom. The summed E-state index contributed by atoms with van der Waals surface area (Å²) < 4.78 is 5.67. The van der Waals surface area contributed by atoms with E-state index in [0.717, 1.165) is 5.56 Å². The first-order valence-corrected chi connectivity index (χ1v) is 5.38. The summed E-state index contributed by atoms with van der Waals surface area (Å²) in [7, 11) is 0. The Morgan fingerprint density at radius 3 is 2.44 bits per heavy atom. The number of aryl methyl sites for hydroxylation is 1. The summed E-state index contributed by atoms with van der Waals surface area (Å²) in [4.78, 5) is 0. The van der Waals surface area contributed by atoms with Crippen LogP contribution in [-0.4, -0.2) is 10.2 Å². The minimum Gasteiger partial charge on any atom is -0.420 e. The molecule has 0 atom stereocenters. The predicted octanol–water partition coefficient (Wildman–Crippen LogP) is 3.34. The van der Waals surface area contributed by atoms with E-state index in [4.69, 9.17) is 4.42 Å². The van der Waals surface area contributed by atoms with Crippen LogP contribution in [0.25, 0.3) is 11.5 Å². The smallest absolute Gasteiger partial charge is 0.247 e. The molecule has 0 saturated heterocycles. The van der Waals surface area contributed by atoms with Crippen molar-refractivity contribution >= 4 is 0 Å². The maximum absolute atomic E-state index is 5.67. The number of hydrogen-bond acceptors (Lipinski definition) is 3. The second kappa shape index (κ2) is 3.74. The first-order valence-electron chi connectivity index (χ1n) is 5.38. The summed E-state index contributed by atoms with van der Waals surface area (Å²) in [6, 6.07) is 8.06. The molecule has 0 fully saturated rings. The van der Waals surface area contributed by atoms with E-state index in [1.807, 2.05) is 31.2 Å². The van der Waals surface area contributed by atoms with Crippen molar-refractivity contribution in [1.82, 2.24) is 10.2 Å². The Balaban J connectivity index is 2.39. The molecule has 3 nitrogen and oxygen atoms in total. The van der Waals surface area contributed by atoms with Crippen LogP contribution in [0.2, 0.25) is 0 Å². The van der Waals surface area contributed by atoms with Crippen molar-refractivity contribution in [3.8, 4) is 11.5 Å². The predicted molar refractivity (Wildman–Crippen MR) is 63.2 cm³/mol. The van der Waals surface area contributed by atoms with Crippen LogP contribution in [0.4, 0.5) is 0 Å². The van der Waals surface area contributed by atoms with Crippen molar-refractivity contribution in [1.29, 1.82) is 0 Å². The van der Waals surface area contributed by atoms with Crippen molar-refractivity contribution in [2.75, 3.05) is 0 Å². The molecule has 0 saturated carbocycles. The average Bonchev–Trinajstić information content (AvgIpc) is 2.65. The normalized spacial score (nSPS) is 11.8. The van der Waals surface area contributed by atoms with Crippen LogP contribution in [-0.2, 0) is 5.41 Å². The van der Waals surface area contributed by atoms with Crippen LogP contribution in [0.3, 0.4) is 0 Å². The second-order valence-corrected chi connectivity index (χ2v) is 5.03. The minimum absolute atomic E-state index is 0.102. The third-order valence-electron chi connectivity index (χ3n) is 2.33. The number of nitrogens with zero attached hydrogens (tertiary/aromatic N) is 2. The van der Waals surface area contributed by atoms with Gasteiger partial charge in [-0.25, -0.2) is 0 Å². The topological polar surface area (TPSA) is 38.9 Å². The highest BCUT2D eigenvalue weighted by atomic mass is 16.4. The van der Waals surface area contributed by atoms with Gasteiger partial charge in [-0.15, -0.1) is 10.2 Å². The molecule has 16 heavy (non-hydrogen) atoms. The lowest BCUT2D eigenvalue weighted by Crippen LogP contribution is -2.11. The molecule has 0 unspecified atom stereocenters. The SMILES string of the molecule is Cc1cccc(-c2nnc(C(C)(C)C)o2)c1. The Bertz CT molecular complexity index is 495. The van der Waals surface area contributed by atoms with Gasteiger partial charge in [-0.05, 0) is 19.1 Å². The van der Waals surface area contributed by atoms with Crippen molar-refractivity contribution in [2.45, 2.75) is 33.1 Å². The van der Waals surface area contributed by atoms with Crippen LogP contribution in [0.5, 0.6) is 0 Å². The lowest BCUT2D eigenvalue weighted by Gasteiger charge is -2.10. The summed E-state index contributed by atoms with van der Waals surface area (Å²) in [5.74, 6) is 1.26. The van der Waals surface area contributed by atoms with Gasteiger partial charge in [-0.2, -0.15) is 0 Å². The van der Waals surface area contributed by atoms with E-state index in [1.165, 1.54) is 5.56 Å². The summed E-state index contributed by atoms with van der Waals surface area (Å²) in [6.45, 7) is 8.21. The number of rotatable bonds is 1. The number of hydrogen-bond donors (Lipinski definition) is 0. The number of aromatic nitrogens is 2. The summed E-state index contributed by atoms with van der Waals surface area (Å²) in [5, 5.41) is 8.15. The molecule has 0 bridgehead atoms. The molecule has 0 aliphatic carbocycles. The third-order valence-corrected chi connectivity index (χ3v) is 2.33. The molecule has 2 aromatic rings. The van der Waals surface area contributed by atoms with Crippen LogP contribution in [0, 0.1) is 6.92 Å². The first kappa shape index (κ1) is 10.9. The van der Waals surface area contributed by atoms with Gasteiger partial charge in [-0.1, -0.05) is 38.5 Å². The van der Waals surface area contributed by atoms with Crippen LogP contribution < -0.4 is 0 Å². The molecule has 0 N–H and O–H groups in total. The first-order chi connectivity index (χ1) is 7.47. The van der Waals surface area contributed by atoms with Gasteiger partial charge in [0.1, 0.15) is 0 Å². The largest absolute Gasteiger partial charge is 0.420 e. The summed E-state index contributed by atoms with van der Waals surface area (Å²) in [5.41, 5.74) is 2.06. The Kier molecular flexibility index (Phi) is 2.54. The van der Waals surface area contributed by atoms with E-state index < -0.39 is 0 Å². The van der Waals surface area contributed by atoms with Gasteiger partial charge in [0.25, 0.3) is 0 Å². The maximum Gasteiger partial charge on any atom is 0.247 e. The summed E-state index contributed by atoms with van der Waals surface area (Å²) >= 11 is 0. The van der Waals surface area contributed by atoms with E-state index in [0.29, 0.717) is 11.8 Å². The molecule has 1 aromatic heterocycles. The zero-order valence-electron chi connectivity index (χ0n) is 10.1. The quantitative estimate of drug-likeness (QED) is 0.733. The average molecular weight is 216 g/mol. The van der Waals surface area contributed by atoms with Gasteiger partial charge < -0.3 is 4.42 Å². The minimum atomic E-state index is -0.102. The van der Waals surface area contributed by atoms with Crippen LogP contribution in [0.1, 0.15) is 32.2 Å². The monoisotopic (exact) mass is 216 g/mol. The van der Waals surface area contributed by atoms with Crippen LogP contribution in [0.15, 0.2) is 28.7 Å². The molecule has 84 valence electrons. The zero-order valence-corrected chi connectivity index (χ0v) is 10.1. The molecule has 0 spiro atoms. The molecule has 2 rings (SSSR count). The molecule has 3 heteroatoms. The molecule has 0 radical (unpaired) electrons. The van der Waals surface area contributed by atoms with Gasteiger partial charge >= 0.3 is 0 Å². The lowest BCUT2D eigenvalue weighted by molar-refractivity contribution is 0.399. The van der Waals surface area contributed by atoms with Crippen molar-refractivity contribution in [2.24, 2.45) is 0 Å². The van der Waals surface area contributed by atoms with Gasteiger partial charge in [-0.3, -0.25) is 0 Å². The van der Waals surface area contributed by atoms with Gasteiger partial charge in [0.05, 0.1) is 0 Å². The van der Waals surface area contributed by atoms with Crippen molar-refractivity contribution in [3.05, 3.63) is 35.7 Å². The van der Waals surface area contributed by atoms with E-state index in [-0.39, 0.29) is 5.41 Å². The van der Waals surface area contributed by atoms with Gasteiger partial charge in [0.2, 0.25) is 11.8 Å². The highest BCUT2D eigenvalue weighted by Crippen LogP contribution is 2.25. The molecular weight excluding hydrogens is 200 g/mol. The fourth-order valence-corrected chi connectivity index (χ4v) is 1.42. The van der Waals surface area contributed by atoms with E-state index in [9.17, 15) is 0 Å². The molecule has 1 aromatic carbocycles. The zero-order chi connectivity index (χ0) is 11.8. The summed E-state index contributed by atoms with van der Waals surface area (Å²) in [6.07, 6.45) is 0. The van der Waals surface area contributed by atoms with E-state index >= 15 is 0 Å². The highest BCUT2D eigenvalue weighted by Gasteiger charge is 2.21. The fourth-order valence-electron chi connectivity index (χ4n) is 1.42. The molecule has 0 amide bonds. The molecule has 1 heterocycles. The highest BCUT2D eigenvalue weighted by molar-refractivity contribution is 5.53. The number of benzene rings is 1. The molecule has 0 aliphatic rings. The second-order valence-electron chi connectivity index (χ2n) is 5.03. The van der Waals surface area contributed by atoms with E-state index in [1.54, 1.807) is 0 Å². The molecule has 0 aliphatic heterocycles. The Hall–Kier alpha value is -1.64. The Morgan fingerprint density at radius 1 is 1.12 bits per heavy atom.